The average molecular weight is 568 g/mol. The van der Waals surface area contributed by atoms with Crippen molar-refractivity contribution in [2.45, 2.75) is 51.7 Å². The van der Waals surface area contributed by atoms with Gasteiger partial charge in [0.2, 0.25) is 0 Å². The van der Waals surface area contributed by atoms with Crippen LogP contribution in [0.5, 0.6) is 17.2 Å². The molecule has 2 heterocycles. The Balaban J connectivity index is 1.70. The van der Waals surface area contributed by atoms with Crippen LogP contribution >= 0.6 is 0 Å². The summed E-state index contributed by atoms with van der Waals surface area (Å²) in [7, 11) is 1.50. The first-order valence-corrected chi connectivity index (χ1v) is 13.4. The molecule has 0 spiro atoms. The number of nitrogens with zero attached hydrogens (tertiary/aromatic N) is 1. The van der Waals surface area contributed by atoms with Crippen LogP contribution in [0.3, 0.4) is 0 Å². The number of benzene rings is 2. The molecule has 41 heavy (non-hydrogen) atoms. The van der Waals surface area contributed by atoms with Gasteiger partial charge in [-0.25, -0.2) is 0 Å². The van der Waals surface area contributed by atoms with E-state index in [-0.39, 0.29) is 17.9 Å². The van der Waals surface area contributed by atoms with Crippen molar-refractivity contribution < 1.29 is 42.8 Å². The monoisotopic (exact) mass is 567 g/mol. The van der Waals surface area contributed by atoms with E-state index < -0.39 is 41.9 Å². The fourth-order valence-electron chi connectivity index (χ4n) is 5.91. The second kappa shape index (κ2) is 10.6. The molecule has 0 saturated heterocycles. The number of carbonyl (C=O) groups is 2. The molecule has 0 radical (unpaired) electrons. The number of fused-ring (bicyclic) bond motifs is 2. The molecule has 0 bridgehead atoms. The Labute approximate surface area is 235 Å². The number of carboxylic acid groups (broad SMARTS) is 2. The van der Waals surface area contributed by atoms with Crippen LogP contribution in [0.15, 0.2) is 48.5 Å². The third-order valence-electron chi connectivity index (χ3n) is 7.68. The molecule has 10 heteroatoms. The molecule has 8 nitrogen and oxygen atoms in total. The van der Waals surface area contributed by atoms with Crippen LogP contribution in [-0.2, 0) is 22.4 Å². The third-order valence-corrected chi connectivity index (χ3v) is 7.68. The molecule has 5 rings (SSSR count). The number of alkyl halides is 2. The van der Waals surface area contributed by atoms with E-state index in [1.165, 1.54) is 19.2 Å². The molecule has 1 aliphatic heterocycles. The number of halogens is 2. The summed E-state index contributed by atoms with van der Waals surface area (Å²) in [4.78, 5) is 29.8. The van der Waals surface area contributed by atoms with Crippen LogP contribution in [0.4, 0.5) is 8.78 Å². The molecule has 4 atom stereocenters. The Hall–Kier alpha value is -4.21. The zero-order valence-electron chi connectivity index (χ0n) is 23.1. The Morgan fingerprint density at radius 3 is 2.32 bits per heavy atom. The number of carboxylic acids is 2. The summed E-state index contributed by atoms with van der Waals surface area (Å²) in [6.07, 6.45) is -2.99. The zero-order chi connectivity index (χ0) is 29.6. The van der Waals surface area contributed by atoms with Gasteiger partial charge in [-0.1, -0.05) is 39.0 Å². The highest BCUT2D eigenvalue weighted by molar-refractivity contribution is 5.78. The highest BCUT2D eigenvalue weighted by atomic mass is 19.3. The molecule has 0 amide bonds. The van der Waals surface area contributed by atoms with E-state index in [0.717, 1.165) is 5.69 Å². The van der Waals surface area contributed by atoms with Crippen molar-refractivity contribution in [3.63, 3.8) is 0 Å². The summed E-state index contributed by atoms with van der Waals surface area (Å²) in [5, 5.41) is 20.3. The number of pyridine rings is 1. The van der Waals surface area contributed by atoms with Gasteiger partial charge in [0.25, 0.3) is 0 Å². The van der Waals surface area contributed by atoms with Crippen LogP contribution in [0.2, 0.25) is 0 Å². The molecule has 1 aromatic heterocycles. The minimum absolute atomic E-state index is 0.133. The fraction of sp³-hybridized carbons (Fsp3) is 0.387. The van der Waals surface area contributed by atoms with E-state index in [9.17, 15) is 28.6 Å². The van der Waals surface area contributed by atoms with Crippen molar-refractivity contribution in [3.8, 4) is 17.2 Å². The minimum atomic E-state index is -3.81. The summed E-state index contributed by atoms with van der Waals surface area (Å²) in [6.45, 7) is 5.71. The van der Waals surface area contributed by atoms with E-state index in [4.69, 9.17) is 9.72 Å². The largest absolute Gasteiger partial charge is 0.586 e. The van der Waals surface area contributed by atoms with Crippen molar-refractivity contribution in [1.82, 2.24) is 4.98 Å². The van der Waals surface area contributed by atoms with Crippen LogP contribution < -0.4 is 14.2 Å². The van der Waals surface area contributed by atoms with Gasteiger partial charge < -0.3 is 24.4 Å². The van der Waals surface area contributed by atoms with Crippen molar-refractivity contribution in [3.05, 3.63) is 82.2 Å². The first-order valence-electron chi connectivity index (χ1n) is 13.4. The summed E-state index contributed by atoms with van der Waals surface area (Å²) >= 11 is 0. The van der Waals surface area contributed by atoms with Gasteiger partial charge in [0, 0.05) is 17.5 Å². The van der Waals surface area contributed by atoms with Crippen molar-refractivity contribution in [2.75, 3.05) is 7.11 Å². The Kier molecular flexibility index (Phi) is 7.35. The Morgan fingerprint density at radius 2 is 1.66 bits per heavy atom. The standard InChI is InChI=1S/C31H31F2NO7/c1-15(2)11-19-6-8-22-25(17-5-10-23-24(14-17)41-31(32,33)40-23)27(30(37)38)26(28(22)34-19)21-9-7-20(39-4)13-18(21)12-16(3)29(35)36/h5-10,13-16,25-27H,11-12H2,1-4H3,(H,35,36)(H,37,38)/t16?,25-,26-,27+/m0/s1. The van der Waals surface area contributed by atoms with Gasteiger partial charge in [-0.15, -0.1) is 8.78 Å². The number of rotatable bonds is 9. The maximum Gasteiger partial charge on any atom is 0.586 e. The maximum atomic E-state index is 13.8. The van der Waals surface area contributed by atoms with Gasteiger partial charge in [0.15, 0.2) is 11.5 Å². The molecule has 2 N–H and O–H groups in total. The molecule has 216 valence electrons. The highest BCUT2D eigenvalue weighted by Gasteiger charge is 2.50. The number of hydrogen-bond donors (Lipinski definition) is 2. The smallest absolute Gasteiger partial charge is 0.497 e. The van der Waals surface area contributed by atoms with E-state index in [1.54, 1.807) is 31.2 Å². The van der Waals surface area contributed by atoms with E-state index in [2.05, 4.69) is 23.3 Å². The van der Waals surface area contributed by atoms with E-state index in [0.29, 0.717) is 46.0 Å². The molecule has 0 saturated carbocycles. The highest BCUT2D eigenvalue weighted by Crippen LogP contribution is 2.54. The topological polar surface area (TPSA) is 115 Å². The molecule has 2 aliphatic rings. The predicted octanol–water partition coefficient (Wildman–Crippen LogP) is 5.85. The lowest BCUT2D eigenvalue weighted by Gasteiger charge is -2.25. The summed E-state index contributed by atoms with van der Waals surface area (Å²) < 4.78 is 42.2. The lowest BCUT2D eigenvalue weighted by molar-refractivity contribution is -0.286. The molecule has 0 fully saturated rings. The lowest BCUT2D eigenvalue weighted by atomic mass is 9.78. The summed E-state index contributed by atoms with van der Waals surface area (Å²) in [6, 6.07) is 13.3. The summed E-state index contributed by atoms with van der Waals surface area (Å²) in [5.41, 5.74) is 3.77. The van der Waals surface area contributed by atoms with Gasteiger partial charge in [-0.05, 0) is 71.3 Å². The van der Waals surface area contributed by atoms with Gasteiger partial charge in [0.05, 0.1) is 24.6 Å². The Morgan fingerprint density at radius 1 is 0.951 bits per heavy atom. The molecule has 3 aromatic rings. The fourth-order valence-corrected chi connectivity index (χ4v) is 5.91. The second-order valence-corrected chi connectivity index (χ2v) is 11.1. The van der Waals surface area contributed by atoms with Gasteiger partial charge in [-0.2, -0.15) is 0 Å². The number of aromatic nitrogens is 1. The van der Waals surface area contributed by atoms with Crippen molar-refractivity contribution >= 4 is 11.9 Å². The van der Waals surface area contributed by atoms with Crippen LogP contribution in [-0.4, -0.2) is 40.5 Å². The molecule has 1 aliphatic carbocycles. The van der Waals surface area contributed by atoms with Crippen LogP contribution in [0.1, 0.15) is 66.2 Å². The number of hydrogen-bond acceptors (Lipinski definition) is 6. The van der Waals surface area contributed by atoms with Crippen molar-refractivity contribution in [2.24, 2.45) is 17.8 Å². The van der Waals surface area contributed by atoms with Crippen LogP contribution in [0.25, 0.3) is 0 Å². The second-order valence-electron chi connectivity index (χ2n) is 11.1. The van der Waals surface area contributed by atoms with E-state index >= 15 is 0 Å². The number of ether oxygens (including phenoxy) is 3. The summed E-state index contributed by atoms with van der Waals surface area (Å²) in [5.74, 6) is -4.87. The Bertz CT molecular complexity index is 1510. The predicted molar refractivity (Wildman–Crippen MR) is 144 cm³/mol. The first kappa shape index (κ1) is 28.3. The van der Waals surface area contributed by atoms with Crippen LogP contribution in [0, 0.1) is 17.8 Å². The minimum Gasteiger partial charge on any atom is -0.497 e. The average Bonchev–Trinajstić information content (AvgIpc) is 3.40. The quantitative estimate of drug-likeness (QED) is 0.331. The third kappa shape index (κ3) is 5.42. The van der Waals surface area contributed by atoms with Gasteiger partial charge in [-0.3, -0.25) is 14.6 Å². The normalized spacial score (nSPS) is 21.0. The zero-order valence-corrected chi connectivity index (χ0v) is 23.1. The molecular weight excluding hydrogens is 536 g/mol. The molecule has 2 aromatic carbocycles. The lowest BCUT2D eigenvalue weighted by Crippen LogP contribution is -2.26. The van der Waals surface area contributed by atoms with E-state index in [1.807, 2.05) is 12.1 Å². The number of aliphatic carboxylic acids is 2. The van der Waals surface area contributed by atoms with Gasteiger partial charge >= 0.3 is 18.2 Å². The maximum absolute atomic E-state index is 13.8. The molecule has 1 unspecified atom stereocenters. The van der Waals surface area contributed by atoms with Gasteiger partial charge in [0.1, 0.15) is 5.75 Å². The van der Waals surface area contributed by atoms with Crippen molar-refractivity contribution in [1.29, 1.82) is 0 Å². The number of methoxy groups -OCH3 is 1. The molecular formula is C31H31F2NO7. The SMILES string of the molecule is COc1ccc([C@@H]2c3nc(CC(C)C)ccc3[C@H](c3ccc4c(c3)OC(F)(F)O4)[C@H]2C(=O)O)c(CC(C)C(=O)O)c1. The first-order chi connectivity index (χ1) is 19.4.